The summed E-state index contributed by atoms with van der Waals surface area (Å²) in [6.45, 7) is 4.22. The highest BCUT2D eigenvalue weighted by atomic mass is 16.2. The minimum absolute atomic E-state index is 0.0108. The molecule has 0 saturated heterocycles. The van der Waals surface area contributed by atoms with Crippen LogP contribution in [0.4, 0.5) is 0 Å². The minimum Gasteiger partial charge on any atom is -0.333 e. The number of rotatable bonds is 5. The van der Waals surface area contributed by atoms with Crippen LogP contribution in [-0.2, 0) is 6.54 Å². The summed E-state index contributed by atoms with van der Waals surface area (Å²) in [5.74, 6) is -0.556. The largest absolute Gasteiger partial charge is 0.333 e. The first-order valence-corrected chi connectivity index (χ1v) is 9.34. The van der Waals surface area contributed by atoms with Crippen LogP contribution < -0.4 is 0 Å². The molecule has 3 amide bonds. The Bertz CT molecular complexity index is 894. The first-order chi connectivity index (χ1) is 13.0. The van der Waals surface area contributed by atoms with E-state index < -0.39 is 0 Å². The lowest BCUT2D eigenvalue weighted by Crippen LogP contribution is -2.38. The molecule has 0 aromatic heterocycles. The van der Waals surface area contributed by atoms with E-state index in [1.165, 1.54) is 4.90 Å². The molecule has 5 heteroatoms. The van der Waals surface area contributed by atoms with Gasteiger partial charge < -0.3 is 4.90 Å². The van der Waals surface area contributed by atoms with Gasteiger partial charge in [0.2, 0.25) is 0 Å². The summed E-state index contributed by atoms with van der Waals surface area (Å²) in [6.07, 6.45) is 2.11. The Morgan fingerprint density at radius 1 is 1.04 bits per heavy atom. The average molecular weight is 362 g/mol. The van der Waals surface area contributed by atoms with Crippen molar-refractivity contribution in [3.63, 3.8) is 0 Å². The van der Waals surface area contributed by atoms with Gasteiger partial charge in [-0.15, -0.1) is 0 Å². The highest BCUT2D eigenvalue weighted by molar-refractivity contribution is 6.21. The molecule has 2 aromatic rings. The summed E-state index contributed by atoms with van der Waals surface area (Å²) >= 11 is 0. The van der Waals surface area contributed by atoms with Crippen molar-refractivity contribution >= 4 is 17.7 Å². The van der Waals surface area contributed by atoms with Crippen molar-refractivity contribution in [2.45, 2.75) is 45.3 Å². The van der Waals surface area contributed by atoms with Crippen LogP contribution in [0.3, 0.4) is 0 Å². The average Bonchev–Trinajstić information content (AvgIpc) is 3.46. The van der Waals surface area contributed by atoms with Crippen molar-refractivity contribution in [3.8, 4) is 0 Å². The molecule has 1 fully saturated rings. The van der Waals surface area contributed by atoms with Crippen molar-refractivity contribution in [3.05, 3.63) is 70.8 Å². The van der Waals surface area contributed by atoms with Crippen LogP contribution in [0.2, 0.25) is 0 Å². The van der Waals surface area contributed by atoms with Crippen LogP contribution in [-0.4, -0.2) is 39.6 Å². The Kier molecular flexibility index (Phi) is 4.30. The van der Waals surface area contributed by atoms with Gasteiger partial charge in [0.05, 0.1) is 17.7 Å². The van der Waals surface area contributed by atoms with E-state index in [4.69, 9.17) is 0 Å². The number of amides is 3. The zero-order chi connectivity index (χ0) is 19.1. The Labute approximate surface area is 158 Å². The molecule has 1 aliphatic heterocycles. The van der Waals surface area contributed by atoms with Crippen molar-refractivity contribution in [1.82, 2.24) is 9.80 Å². The number of hydrogen-bond donors (Lipinski definition) is 0. The zero-order valence-electron chi connectivity index (χ0n) is 15.5. The molecular formula is C22H22N2O3. The maximum absolute atomic E-state index is 12.9. The molecule has 0 bridgehead atoms. The molecular weight excluding hydrogens is 340 g/mol. The Hall–Kier alpha value is -2.95. The third-order valence-corrected chi connectivity index (χ3v) is 5.12. The molecule has 0 spiro atoms. The normalized spacial score (nSPS) is 16.0. The van der Waals surface area contributed by atoms with Gasteiger partial charge in [-0.3, -0.25) is 19.3 Å². The number of hydrogen-bond acceptors (Lipinski definition) is 3. The predicted molar refractivity (Wildman–Crippen MR) is 101 cm³/mol. The van der Waals surface area contributed by atoms with Crippen molar-refractivity contribution in [1.29, 1.82) is 0 Å². The van der Waals surface area contributed by atoms with Crippen LogP contribution in [0, 0.1) is 0 Å². The van der Waals surface area contributed by atoms with Gasteiger partial charge in [-0.05, 0) is 56.5 Å². The fourth-order valence-corrected chi connectivity index (χ4v) is 3.69. The van der Waals surface area contributed by atoms with Crippen molar-refractivity contribution in [2.75, 3.05) is 0 Å². The van der Waals surface area contributed by atoms with Gasteiger partial charge in [-0.2, -0.15) is 0 Å². The van der Waals surface area contributed by atoms with Crippen LogP contribution in [0.15, 0.2) is 48.5 Å². The Morgan fingerprint density at radius 2 is 1.67 bits per heavy atom. The highest BCUT2D eigenvalue weighted by Gasteiger charge is 2.36. The number of nitrogens with zero attached hydrogens (tertiary/aromatic N) is 2. The van der Waals surface area contributed by atoms with Crippen LogP contribution in [0.1, 0.15) is 63.3 Å². The Morgan fingerprint density at radius 3 is 2.22 bits per heavy atom. The predicted octanol–water partition coefficient (Wildman–Crippen LogP) is 3.50. The monoisotopic (exact) mass is 362 g/mol. The van der Waals surface area contributed by atoms with Gasteiger partial charge in [-0.1, -0.05) is 24.3 Å². The van der Waals surface area contributed by atoms with Gasteiger partial charge in [0.25, 0.3) is 17.7 Å². The molecule has 2 aliphatic rings. The molecule has 1 heterocycles. The summed E-state index contributed by atoms with van der Waals surface area (Å²) in [4.78, 5) is 41.2. The SMILES string of the molecule is CC(C)N(C(=O)c1cccc(CN2C(=O)c3ccccc3C2=O)c1)C1CC1. The second-order valence-corrected chi connectivity index (χ2v) is 7.48. The molecule has 1 saturated carbocycles. The summed E-state index contributed by atoms with van der Waals surface area (Å²) in [5, 5.41) is 0. The lowest BCUT2D eigenvalue weighted by Gasteiger charge is -2.27. The summed E-state index contributed by atoms with van der Waals surface area (Å²) < 4.78 is 0. The van der Waals surface area contributed by atoms with Crippen molar-refractivity contribution < 1.29 is 14.4 Å². The quantitative estimate of drug-likeness (QED) is 0.765. The molecule has 2 aromatic carbocycles. The third kappa shape index (κ3) is 3.14. The fourth-order valence-electron chi connectivity index (χ4n) is 3.69. The molecule has 138 valence electrons. The molecule has 4 rings (SSSR count). The standard InChI is InChI=1S/C22H22N2O3/c1-14(2)24(17-10-11-17)20(25)16-7-5-6-15(12-16)13-23-21(26)18-8-3-4-9-19(18)22(23)27/h3-9,12,14,17H,10-11,13H2,1-2H3. The Balaban J connectivity index is 1.56. The number of carbonyl (C=O) groups is 3. The van der Waals surface area contributed by atoms with E-state index in [9.17, 15) is 14.4 Å². The molecule has 27 heavy (non-hydrogen) atoms. The van der Waals surface area contributed by atoms with E-state index >= 15 is 0 Å². The second-order valence-electron chi connectivity index (χ2n) is 7.48. The van der Waals surface area contributed by atoms with E-state index in [2.05, 4.69) is 0 Å². The van der Waals surface area contributed by atoms with E-state index in [0.29, 0.717) is 22.7 Å². The number of benzene rings is 2. The van der Waals surface area contributed by atoms with Crippen LogP contribution in [0.25, 0.3) is 0 Å². The molecule has 0 unspecified atom stereocenters. The summed E-state index contributed by atoms with van der Waals surface area (Å²) in [6, 6.07) is 14.6. The van der Waals surface area contributed by atoms with Gasteiger partial charge in [0.15, 0.2) is 0 Å². The number of imide groups is 1. The zero-order valence-corrected chi connectivity index (χ0v) is 15.5. The van der Waals surface area contributed by atoms with Crippen LogP contribution in [0.5, 0.6) is 0 Å². The van der Waals surface area contributed by atoms with Gasteiger partial charge in [0, 0.05) is 17.6 Å². The molecule has 5 nitrogen and oxygen atoms in total. The van der Waals surface area contributed by atoms with Gasteiger partial charge in [-0.25, -0.2) is 0 Å². The fraction of sp³-hybridized carbons (Fsp3) is 0.318. The van der Waals surface area contributed by atoms with E-state index in [1.807, 2.05) is 30.9 Å². The number of carbonyl (C=O) groups excluding carboxylic acids is 3. The van der Waals surface area contributed by atoms with Gasteiger partial charge in [0.1, 0.15) is 0 Å². The van der Waals surface area contributed by atoms with E-state index in [0.717, 1.165) is 18.4 Å². The first-order valence-electron chi connectivity index (χ1n) is 9.34. The van der Waals surface area contributed by atoms with Crippen LogP contribution >= 0.6 is 0 Å². The summed E-state index contributed by atoms with van der Waals surface area (Å²) in [5.41, 5.74) is 2.25. The molecule has 0 radical (unpaired) electrons. The van der Waals surface area contributed by atoms with Crippen molar-refractivity contribution in [2.24, 2.45) is 0 Å². The first kappa shape index (κ1) is 17.5. The third-order valence-electron chi connectivity index (χ3n) is 5.12. The minimum atomic E-state index is -0.283. The molecule has 0 atom stereocenters. The number of fused-ring (bicyclic) bond motifs is 1. The highest BCUT2D eigenvalue weighted by Crippen LogP contribution is 2.30. The lowest BCUT2D eigenvalue weighted by molar-refractivity contribution is 0.0641. The molecule has 1 aliphatic carbocycles. The molecule has 0 N–H and O–H groups in total. The van der Waals surface area contributed by atoms with Gasteiger partial charge >= 0.3 is 0 Å². The topological polar surface area (TPSA) is 57.7 Å². The lowest BCUT2D eigenvalue weighted by atomic mass is 10.1. The van der Waals surface area contributed by atoms with E-state index in [1.54, 1.807) is 36.4 Å². The summed E-state index contributed by atoms with van der Waals surface area (Å²) in [7, 11) is 0. The second kappa shape index (κ2) is 6.65. The smallest absolute Gasteiger partial charge is 0.261 e. The maximum Gasteiger partial charge on any atom is 0.261 e. The van der Waals surface area contributed by atoms with E-state index in [-0.39, 0.29) is 30.3 Å². The maximum atomic E-state index is 12.9.